The Balaban J connectivity index is 2.00. The van der Waals surface area contributed by atoms with Crippen LogP contribution in [-0.4, -0.2) is 39.9 Å². The lowest BCUT2D eigenvalue weighted by atomic mass is 9.93. The van der Waals surface area contributed by atoms with Crippen LogP contribution in [0.25, 0.3) is 0 Å². The Labute approximate surface area is 124 Å². The summed E-state index contributed by atoms with van der Waals surface area (Å²) < 4.78 is 5.27. The highest BCUT2D eigenvalue weighted by Gasteiger charge is 2.23. The van der Waals surface area contributed by atoms with Gasteiger partial charge in [0.25, 0.3) is 0 Å². The maximum absolute atomic E-state index is 5.27. The molecule has 0 radical (unpaired) electrons. The Morgan fingerprint density at radius 1 is 1.25 bits per heavy atom. The van der Waals surface area contributed by atoms with E-state index in [1.165, 1.54) is 35.8 Å². The topological polar surface area (TPSA) is 24.5 Å². The minimum Gasteiger partial charge on any atom is -0.383 e. The van der Waals surface area contributed by atoms with Gasteiger partial charge in [0, 0.05) is 25.9 Å². The van der Waals surface area contributed by atoms with Gasteiger partial charge in [-0.2, -0.15) is 0 Å². The van der Waals surface area contributed by atoms with E-state index in [1.807, 2.05) is 0 Å². The normalized spacial score (nSPS) is 18.4. The van der Waals surface area contributed by atoms with Crippen LogP contribution in [0.15, 0.2) is 6.07 Å². The molecule has 2 heterocycles. The summed E-state index contributed by atoms with van der Waals surface area (Å²) in [4.78, 5) is 2.52. The zero-order valence-corrected chi connectivity index (χ0v) is 13.5. The summed E-state index contributed by atoms with van der Waals surface area (Å²) in [5, 5.41) is 4.96. The monoisotopic (exact) mass is 292 g/mol. The maximum Gasteiger partial charge on any atom is 0.0637 e. The molecule has 20 heavy (non-hydrogen) atoms. The molecule has 2 aliphatic heterocycles. The van der Waals surface area contributed by atoms with E-state index in [0.717, 1.165) is 39.2 Å². The minimum absolute atomic E-state index is 0.808. The molecule has 1 aromatic carbocycles. The maximum atomic E-state index is 5.27. The Morgan fingerprint density at radius 3 is 2.95 bits per heavy atom. The molecule has 1 unspecified atom stereocenters. The summed E-state index contributed by atoms with van der Waals surface area (Å²) >= 11 is 0. The molecule has 3 nitrogen and oxygen atoms in total. The van der Waals surface area contributed by atoms with Crippen LogP contribution < -0.4 is 15.5 Å². The van der Waals surface area contributed by atoms with Crippen LogP contribution in [0.2, 0.25) is 0 Å². The second-order valence-corrected chi connectivity index (χ2v) is 6.35. The van der Waals surface area contributed by atoms with E-state index in [0.29, 0.717) is 0 Å². The van der Waals surface area contributed by atoms with Crippen LogP contribution in [0.3, 0.4) is 0 Å². The summed E-state index contributed by atoms with van der Waals surface area (Å²) in [6.45, 7) is 5.19. The Kier molecular flexibility index (Phi) is 4.60. The van der Waals surface area contributed by atoms with Gasteiger partial charge in [-0.15, -0.1) is 9.24 Å². The van der Waals surface area contributed by atoms with Crippen molar-refractivity contribution >= 4 is 20.2 Å². The van der Waals surface area contributed by atoms with Crippen molar-refractivity contribution in [3.05, 3.63) is 22.8 Å². The number of rotatable bonds is 3. The molecule has 0 fully saturated rings. The van der Waals surface area contributed by atoms with Crippen molar-refractivity contribution in [3.8, 4) is 0 Å². The standard InChI is InChI=1S/C16H25N2OP/c1-19-10-9-18-8-2-3-13-11-12-4-6-17-7-5-14(12)16(20)15(13)18/h11,17H,2-10,20H2,1H3. The van der Waals surface area contributed by atoms with Crippen molar-refractivity contribution in [2.45, 2.75) is 25.7 Å². The van der Waals surface area contributed by atoms with Gasteiger partial charge in [0.1, 0.15) is 0 Å². The van der Waals surface area contributed by atoms with Crippen LogP contribution in [0.5, 0.6) is 0 Å². The van der Waals surface area contributed by atoms with Gasteiger partial charge in [0.15, 0.2) is 0 Å². The predicted octanol–water partition coefficient (Wildman–Crippen LogP) is 1.27. The number of nitrogens with one attached hydrogen (secondary N) is 1. The molecule has 0 saturated heterocycles. The highest BCUT2D eigenvalue weighted by atomic mass is 31.0. The van der Waals surface area contributed by atoms with E-state index in [9.17, 15) is 0 Å². The average molecular weight is 292 g/mol. The smallest absolute Gasteiger partial charge is 0.0637 e. The van der Waals surface area contributed by atoms with Crippen molar-refractivity contribution in [3.63, 3.8) is 0 Å². The van der Waals surface area contributed by atoms with Crippen molar-refractivity contribution in [1.29, 1.82) is 0 Å². The van der Waals surface area contributed by atoms with Crippen LogP contribution in [0.4, 0.5) is 5.69 Å². The number of nitrogens with zero attached hydrogens (tertiary/aromatic N) is 1. The second-order valence-electron chi connectivity index (χ2n) is 5.77. The van der Waals surface area contributed by atoms with Crippen molar-refractivity contribution < 1.29 is 4.74 Å². The van der Waals surface area contributed by atoms with Crippen LogP contribution in [0.1, 0.15) is 23.1 Å². The molecule has 1 aromatic rings. The van der Waals surface area contributed by atoms with Crippen molar-refractivity contribution in [2.24, 2.45) is 0 Å². The molecule has 110 valence electrons. The first kappa shape index (κ1) is 14.3. The van der Waals surface area contributed by atoms with Gasteiger partial charge in [-0.25, -0.2) is 0 Å². The molecule has 3 rings (SSSR count). The predicted molar refractivity (Wildman–Crippen MR) is 88.5 cm³/mol. The summed E-state index contributed by atoms with van der Waals surface area (Å²) in [6.07, 6.45) is 4.81. The van der Waals surface area contributed by atoms with Gasteiger partial charge in [-0.05, 0) is 60.8 Å². The number of benzene rings is 1. The number of hydrogen-bond donors (Lipinski definition) is 1. The molecule has 0 aliphatic carbocycles. The summed E-state index contributed by atoms with van der Waals surface area (Å²) in [7, 11) is 4.82. The van der Waals surface area contributed by atoms with Crippen molar-refractivity contribution in [2.75, 3.05) is 44.8 Å². The lowest BCUT2D eigenvalue weighted by Crippen LogP contribution is -2.36. The molecule has 1 atom stereocenters. The first-order chi connectivity index (χ1) is 9.81. The summed E-state index contributed by atoms with van der Waals surface area (Å²) in [5.74, 6) is 0. The minimum atomic E-state index is 0.808. The molecule has 0 saturated carbocycles. The van der Waals surface area contributed by atoms with Gasteiger partial charge in [0.2, 0.25) is 0 Å². The number of ether oxygens (including phenoxy) is 1. The average Bonchev–Trinajstić information content (AvgIpc) is 2.70. The quantitative estimate of drug-likeness (QED) is 0.849. The molecular weight excluding hydrogens is 267 g/mol. The van der Waals surface area contributed by atoms with Gasteiger partial charge in [-0.1, -0.05) is 6.07 Å². The molecule has 0 amide bonds. The molecule has 1 N–H and O–H groups in total. The third-order valence-corrected chi connectivity index (χ3v) is 5.12. The van der Waals surface area contributed by atoms with E-state index in [4.69, 9.17) is 4.74 Å². The van der Waals surface area contributed by atoms with Crippen LogP contribution >= 0.6 is 9.24 Å². The highest BCUT2D eigenvalue weighted by Crippen LogP contribution is 2.31. The van der Waals surface area contributed by atoms with Gasteiger partial charge < -0.3 is 15.0 Å². The van der Waals surface area contributed by atoms with Gasteiger partial charge in [-0.3, -0.25) is 0 Å². The van der Waals surface area contributed by atoms with Crippen molar-refractivity contribution in [1.82, 2.24) is 5.32 Å². The van der Waals surface area contributed by atoms with Gasteiger partial charge in [0.05, 0.1) is 6.61 Å². The SMILES string of the molecule is COCCN1CCCc2cc3c(c(P)c21)CCNCC3. The summed E-state index contributed by atoms with van der Waals surface area (Å²) in [6, 6.07) is 2.48. The first-order valence-electron chi connectivity index (χ1n) is 7.69. The fourth-order valence-corrected chi connectivity index (χ4v) is 4.19. The Hall–Kier alpha value is -0.630. The molecule has 0 aromatic heterocycles. The molecule has 0 bridgehead atoms. The number of hydrogen-bond acceptors (Lipinski definition) is 3. The number of aryl methyl sites for hydroxylation is 1. The zero-order chi connectivity index (χ0) is 13.9. The third-order valence-electron chi connectivity index (χ3n) is 4.50. The Bertz CT molecular complexity index is 490. The molecular formula is C16H25N2OP. The molecule has 4 heteroatoms. The number of methoxy groups -OCH3 is 1. The van der Waals surface area contributed by atoms with E-state index in [1.54, 1.807) is 18.2 Å². The van der Waals surface area contributed by atoms with Gasteiger partial charge >= 0.3 is 0 Å². The van der Waals surface area contributed by atoms with Crippen LogP contribution in [-0.2, 0) is 24.0 Å². The fraction of sp³-hybridized carbons (Fsp3) is 0.625. The molecule has 2 aliphatic rings. The molecule has 0 spiro atoms. The number of fused-ring (bicyclic) bond motifs is 2. The van der Waals surface area contributed by atoms with E-state index < -0.39 is 0 Å². The largest absolute Gasteiger partial charge is 0.383 e. The van der Waals surface area contributed by atoms with E-state index in [-0.39, 0.29) is 0 Å². The van der Waals surface area contributed by atoms with E-state index in [2.05, 4.69) is 25.5 Å². The third kappa shape index (κ3) is 2.72. The van der Waals surface area contributed by atoms with E-state index >= 15 is 0 Å². The summed E-state index contributed by atoms with van der Waals surface area (Å²) in [5.41, 5.74) is 6.13. The second kappa shape index (κ2) is 6.43. The Morgan fingerprint density at radius 2 is 2.10 bits per heavy atom. The highest BCUT2D eigenvalue weighted by molar-refractivity contribution is 7.28. The first-order valence-corrected chi connectivity index (χ1v) is 8.26. The van der Waals surface area contributed by atoms with Crippen LogP contribution in [0, 0.1) is 0 Å². The lowest BCUT2D eigenvalue weighted by molar-refractivity contribution is 0.205. The zero-order valence-electron chi connectivity index (χ0n) is 12.4. The number of anilines is 1. The lowest BCUT2D eigenvalue weighted by Gasteiger charge is -2.34. The fourth-order valence-electron chi connectivity index (χ4n) is 3.50.